The number of halogens is 3. The monoisotopic (exact) mass is 387 g/mol. The molecule has 0 aliphatic carbocycles. The Morgan fingerprint density at radius 3 is 2.58 bits per heavy atom. The van der Waals surface area contributed by atoms with Crippen LogP contribution in [0.3, 0.4) is 0 Å². The molecule has 100 valence electrons. The molecular formula is C14H12Br2FNO. The van der Waals surface area contributed by atoms with E-state index in [4.69, 9.17) is 10.5 Å². The maximum atomic E-state index is 14.1. The van der Waals surface area contributed by atoms with Gasteiger partial charge >= 0.3 is 0 Å². The van der Waals surface area contributed by atoms with E-state index >= 15 is 0 Å². The van der Waals surface area contributed by atoms with Gasteiger partial charge in [-0.1, -0.05) is 28.1 Å². The summed E-state index contributed by atoms with van der Waals surface area (Å²) in [6.45, 7) is 0. The molecule has 5 heteroatoms. The molecule has 0 saturated heterocycles. The number of hydrogen-bond acceptors (Lipinski definition) is 2. The van der Waals surface area contributed by atoms with Gasteiger partial charge in [0.25, 0.3) is 0 Å². The van der Waals surface area contributed by atoms with E-state index in [1.807, 2.05) is 12.1 Å². The molecule has 19 heavy (non-hydrogen) atoms. The molecule has 0 radical (unpaired) electrons. The molecule has 0 heterocycles. The Labute approximate surface area is 128 Å². The van der Waals surface area contributed by atoms with E-state index in [0.29, 0.717) is 15.8 Å². The van der Waals surface area contributed by atoms with Gasteiger partial charge in [0.05, 0.1) is 17.6 Å². The lowest BCUT2D eigenvalue weighted by Crippen LogP contribution is -2.15. The topological polar surface area (TPSA) is 35.2 Å². The molecule has 0 fully saturated rings. The van der Waals surface area contributed by atoms with Gasteiger partial charge in [0.1, 0.15) is 11.6 Å². The summed E-state index contributed by atoms with van der Waals surface area (Å²) in [6, 6.07) is 9.97. The van der Waals surface area contributed by atoms with Gasteiger partial charge in [-0.3, -0.25) is 0 Å². The zero-order valence-electron chi connectivity index (χ0n) is 10.2. The van der Waals surface area contributed by atoms with Crippen LogP contribution in [0.15, 0.2) is 45.3 Å². The van der Waals surface area contributed by atoms with Gasteiger partial charge in [-0.15, -0.1) is 0 Å². The average molecular weight is 389 g/mol. The summed E-state index contributed by atoms with van der Waals surface area (Å²) in [6.07, 6.45) is 0. The number of hydrogen-bond donors (Lipinski definition) is 1. The Morgan fingerprint density at radius 2 is 1.89 bits per heavy atom. The second kappa shape index (κ2) is 6.03. The van der Waals surface area contributed by atoms with Gasteiger partial charge < -0.3 is 10.5 Å². The van der Waals surface area contributed by atoms with Crippen LogP contribution in [0.1, 0.15) is 17.2 Å². The minimum atomic E-state index is -0.593. The molecular weight excluding hydrogens is 377 g/mol. The van der Waals surface area contributed by atoms with E-state index in [9.17, 15) is 4.39 Å². The van der Waals surface area contributed by atoms with Crippen molar-refractivity contribution in [2.75, 3.05) is 7.11 Å². The molecule has 0 aliphatic heterocycles. The van der Waals surface area contributed by atoms with E-state index in [0.717, 1.165) is 10.0 Å². The van der Waals surface area contributed by atoms with Gasteiger partial charge in [0.2, 0.25) is 0 Å². The Kier molecular flexibility index (Phi) is 4.60. The van der Waals surface area contributed by atoms with Crippen LogP contribution in [0.25, 0.3) is 0 Å². The number of rotatable bonds is 3. The fraction of sp³-hybridized carbons (Fsp3) is 0.143. The minimum absolute atomic E-state index is 0.350. The first-order valence-corrected chi connectivity index (χ1v) is 7.16. The van der Waals surface area contributed by atoms with Crippen LogP contribution in [0.4, 0.5) is 4.39 Å². The lowest BCUT2D eigenvalue weighted by Gasteiger charge is -2.17. The predicted octanol–water partition coefficient (Wildman–Crippen LogP) is 4.41. The Morgan fingerprint density at radius 1 is 1.16 bits per heavy atom. The number of methoxy groups -OCH3 is 1. The zero-order chi connectivity index (χ0) is 14.0. The summed E-state index contributed by atoms with van der Waals surface area (Å²) >= 11 is 6.55. The third-order valence-corrected chi connectivity index (χ3v) is 3.95. The zero-order valence-corrected chi connectivity index (χ0v) is 13.3. The second-order valence-corrected chi connectivity index (χ2v) is 5.78. The fourth-order valence-electron chi connectivity index (χ4n) is 1.88. The van der Waals surface area contributed by atoms with Crippen LogP contribution in [0.5, 0.6) is 5.75 Å². The summed E-state index contributed by atoms with van der Waals surface area (Å²) in [5.74, 6) is 0.284. The third kappa shape index (κ3) is 2.99. The first kappa shape index (κ1) is 14.5. The number of ether oxygens (including phenoxy) is 1. The largest absolute Gasteiger partial charge is 0.496 e. The van der Waals surface area contributed by atoms with Crippen molar-refractivity contribution in [1.29, 1.82) is 0 Å². The van der Waals surface area contributed by atoms with Crippen molar-refractivity contribution >= 4 is 31.9 Å². The van der Waals surface area contributed by atoms with E-state index in [2.05, 4.69) is 31.9 Å². The molecule has 2 rings (SSSR count). The highest BCUT2D eigenvalue weighted by Gasteiger charge is 2.19. The Balaban J connectivity index is 2.52. The van der Waals surface area contributed by atoms with Gasteiger partial charge in [-0.05, 0) is 40.2 Å². The summed E-state index contributed by atoms with van der Waals surface area (Å²) in [5, 5.41) is 0. The van der Waals surface area contributed by atoms with Crippen LogP contribution in [-0.2, 0) is 0 Å². The van der Waals surface area contributed by atoms with Crippen molar-refractivity contribution in [2.24, 2.45) is 5.73 Å². The van der Waals surface area contributed by atoms with Crippen molar-refractivity contribution in [2.45, 2.75) is 6.04 Å². The molecule has 2 N–H and O–H groups in total. The van der Waals surface area contributed by atoms with Gasteiger partial charge in [-0.25, -0.2) is 4.39 Å². The Bertz CT molecular complexity index is 604. The maximum absolute atomic E-state index is 14.1. The molecule has 0 bridgehead atoms. The van der Waals surface area contributed by atoms with E-state index in [1.165, 1.54) is 0 Å². The second-order valence-electron chi connectivity index (χ2n) is 4.01. The van der Waals surface area contributed by atoms with Crippen LogP contribution < -0.4 is 10.5 Å². The lowest BCUT2D eigenvalue weighted by atomic mass is 9.98. The molecule has 2 aromatic rings. The summed E-state index contributed by atoms with van der Waals surface area (Å²) in [4.78, 5) is 0. The van der Waals surface area contributed by atoms with Crippen molar-refractivity contribution in [3.63, 3.8) is 0 Å². The minimum Gasteiger partial charge on any atom is -0.496 e. The first-order valence-electron chi connectivity index (χ1n) is 5.57. The molecule has 0 saturated carbocycles. The maximum Gasteiger partial charge on any atom is 0.142 e. The highest BCUT2D eigenvalue weighted by atomic mass is 79.9. The summed E-state index contributed by atoms with van der Waals surface area (Å²) in [7, 11) is 1.57. The van der Waals surface area contributed by atoms with Gasteiger partial charge in [-0.2, -0.15) is 0 Å². The molecule has 1 unspecified atom stereocenters. The van der Waals surface area contributed by atoms with Crippen molar-refractivity contribution in [1.82, 2.24) is 0 Å². The third-order valence-electron chi connectivity index (χ3n) is 2.84. The highest BCUT2D eigenvalue weighted by Crippen LogP contribution is 2.33. The van der Waals surface area contributed by atoms with Crippen molar-refractivity contribution in [3.05, 3.63) is 62.3 Å². The van der Waals surface area contributed by atoms with Crippen molar-refractivity contribution < 1.29 is 9.13 Å². The van der Waals surface area contributed by atoms with E-state index in [-0.39, 0.29) is 5.82 Å². The van der Waals surface area contributed by atoms with Crippen LogP contribution in [-0.4, -0.2) is 7.11 Å². The van der Waals surface area contributed by atoms with E-state index in [1.54, 1.807) is 31.4 Å². The standard InChI is InChI=1S/C14H12Br2FNO/c1-19-12-6-5-8(15)7-10(12)14(18)9-3-2-4-11(16)13(9)17/h2-7,14H,18H2,1H3. The van der Waals surface area contributed by atoms with Crippen LogP contribution in [0.2, 0.25) is 0 Å². The van der Waals surface area contributed by atoms with Crippen LogP contribution in [0, 0.1) is 5.82 Å². The van der Waals surface area contributed by atoms with Crippen molar-refractivity contribution in [3.8, 4) is 5.75 Å². The molecule has 1 atom stereocenters. The lowest BCUT2D eigenvalue weighted by molar-refractivity contribution is 0.407. The quantitative estimate of drug-likeness (QED) is 0.845. The highest BCUT2D eigenvalue weighted by molar-refractivity contribution is 9.10. The smallest absolute Gasteiger partial charge is 0.142 e. The molecule has 2 nitrogen and oxygen atoms in total. The van der Waals surface area contributed by atoms with Gasteiger partial charge in [0.15, 0.2) is 0 Å². The molecule has 0 spiro atoms. The van der Waals surface area contributed by atoms with E-state index < -0.39 is 6.04 Å². The average Bonchev–Trinajstić information content (AvgIpc) is 2.41. The number of nitrogens with two attached hydrogens (primary N) is 1. The summed E-state index contributed by atoms with van der Waals surface area (Å²) in [5.41, 5.74) is 7.32. The first-order chi connectivity index (χ1) is 9.04. The molecule has 0 aliphatic rings. The summed E-state index contributed by atoms with van der Waals surface area (Å²) < 4.78 is 20.6. The number of benzene rings is 2. The SMILES string of the molecule is COc1ccc(Br)cc1C(N)c1cccc(Br)c1F. The Hall–Kier alpha value is -0.910. The molecule has 0 aromatic heterocycles. The fourth-order valence-corrected chi connectivity index (χ4v) is 2.64. The van der Waals surface area contributed by atoms with Crippen LogP contribution >= 0.6 is 31.9 Å². The normalized spacial score (nSPS) is 12.3. The predicted molar refractivity (Wildman–Crippen MR) is 80.8 cm³/mol. The van der Waals surface area contributed by atoms with Gasteiger partial charge in [0, 0.05) is 15.6 Å². The molecule has 2 aromatic carbocycles. The molecule has 0 amide bonds.